The van der Waals surface area contributed by atoms with Crippen LogP contribution in [0.2, 0.25) is 0 Å². The van der Waals surface area contributed by atoms with Crippen molar-refractivity contribution in [2.24, 2.45) is 0 Å². The number of carbonyl (C=O) groups is 1. The summed E-state index contributed by atoms with van der Waals surface area (Å²) < 4.78 is 5.10. The highest BCUT2D eigenvalue weighted by Crippen LogP contribution is 2.29. The third-order valence-corrected chi connectivity index (χ3v) is 2.30. The maximum atomic E-state index is 10.9. The van der Waals surface area contributed by atoms with E-state index in [1.165, 1.54) is 0 Å². The van der Waals surface area contributed by atoms with Crippen molar-refractivity contribution in [2.75, 3.05) is 0 Å². The molecule has 1 heterocycles. The van der Waals surface area contributed by atoms with Gasteiger partial charge in [0.2, 0.25) is 0 Å². The van der Waals surface area contributed by atoms with Crippen molar-refractivity contribution in [3.8, 4) is 6.07 Å². The molecule has 1 atom stereocenters. The molecule has 0 spiro atoms. The van der Waals surface area contributed by atoms with E-state index in [1.54, 1.807) is 12.1 Å². The second kappa shape index (κ2) is 3.51. The Morgan fingerprint density at radius 3 is 2.57 bits per heavy atom. The molecule has 1 saturated heterocycles. The highest BCUT2D eigenvalue weighted by Gasteiger charge is 2.24. The van der Waals surface area contributed by atoms with Gasteiger partial charge in [-0.25, -0.2) is 0 Å². The molecule has 0 aliphatic carbocycles. The molecule has 1 aromatic rings. The summed E-state index contributed by atoms with van der Waals surface area (Å²) in [5.74, 6) is -0.139. The van der Waals surface area contributed by atoms with E-state index >= 15 is 0 Å². The molecule has 1 aliphatic rings. The molecule has 1 aromatic carbocycles. The summed E-state index contributed by atoms with van der Waals surface area (Å²) in [6.07, 6.45) is 1.12. The van der Waals surface area contributed by atoms with E-state index in [2.05, 4.69) is 0 Å². The first kappa shape index (κ1) is 8.76. The number of esters is 1. The lowest BCUT2D eigenvalue weighted by Crippen LogP contribution is -1.98. The van der Waals surface area contributed by atoms with Gasteiger partial charge in [-0.1, -0.05) is 12.1 Å². The molecule has 0 N–H and O–H groups in total. The van der Waals surface area contributed by atoms with Gasteiger partial charge < -0.3 is 4.74 Å². The Hall–Kier alpha value is -1.82. The third-order valence-electron chi connectivity index (χ3n) is 2.30. The highest BCUT2D eigenvalue weighted by atomic mass is 16.5. The van der Waals surface area contributed by atoms with Gasteiger partial charge in [-0.05, 0) is 24.1 Å². The summed E-state index contributed by atoms with van der Waals surface area (Å²) in [6.45, 7) is 0. The number of cyclic esters (lactones) is 1. The molecule has 1 aliphatic heterocycles. The average molecular weight is 187 g/mol. The first-order valence-corrected chi connectivity index (χ1v) is 4.49. The summed E-state index contributed by atoms with van der Waals surface area (Å²) in [7, 11) is 0. The van der Waals surface area contributed by atoms with Crippen molar-refractivity contribution < 1.29 is 9.53 Å². The fourth-order valence-electron chi connectivity index (χ4n) is 1.53. The second-order valence-corrected chi connectivity index (χ2v) is 3.25. The van der Waals surface area contributed by atoms with Crippen LogP contribution in [0.3, 0.4) is 0 Å². The van der Waals surface area contributed by atoms with Crippen LogP contribution in [0, 0.1) is 11.3 Å². The lowest BCUT2D eigenvalue weighted by molar-refractivity contribution is -0.141. The van der Waals surface area contributed by atoms with Gasteiger partial charge in [-0.2, -0.15) is 5.26 Å². The maximum Gasteiger partial charge on any atom is 0.306 e. The Balaban J connectivity index is 2.18. The summed E-state index contributed by atoms with van der Waals surface area (Å²) in [4.78, 5) is 10.9. The highest BCUT2D eigenvalue weighted by molar-refractivity contribution is 5.71. The molecule has 3 nitrogen and oxygen atoms in total. The number of nitrogens with zero attached hydrogens (tertiary/aromatic N) is 1. The molecule has 70 valence electrons. The van der Waals surface area contributed by atoms with Crippen LogP contribution >= 0.6 is 0 Å². The molecule has 1 unspecified atom stereocenters. The fraction of sp³-hybridized carbons (Fsp3) is 0.273. The Morgan fingerprint density at radius 2 is 2.07 bits per heavy atom. The minimum atomic E-state index is -0.139. The van der Waals surface area contributed by atoms with Gasteiger partial charge in [0.25, 0.3) is 0 Å². The SMILES string of the molecule is N#Cc1ccc(C2CCC(=O)O2)cc1. The molecule has 14 heavy (non-hydrogen) atoms. The molecule has 2 rings (SSSR count). The molecule has 0 amide bonds. The summed E-state index contributed by atoms with van der Waals surface area (Å²) in [5.41, 5.74) is 1.59. The predicted molar refractivity (Wildman–Crippen MR) is 49.2 cm³/mol. The topological polar surface area (TPSA) is 50.1 Å². The zero-order valence-corrected chi connectivity index (χ0v) is 7.56. The lowest BCUT2D eigenvalue weighted by Gasteiger charge is -2.08. The van der Waals surface area contributed by atoms with E-state index in [0.29, 0.717) is 12.0 Å². The molecule has 0 radical (unpaired) electrons. The van der Waals surface area contributed by atoms with Crippen LogP contribution in [0.5, 0.6) is 0 Å². The van der Waals surface area contributed by atoms with E-state index in [1.807, 2.05) is 18.2 Å². The molecule has 0 aromatic heterocycles. The molecule has 3 heteroatoms. The maximum absolute atomic E-state index is 10.9. The van der Waals surface area contributed by atoms with Gasteiger partial charge in [0.05, 0.1) is 11.6 Å². The molecule has 1 fully saturated rings. The van der Waals surface area contributed by atoms with Crippen LogP contribution in [-0.4, -0.2) is 5.97 Å². The summed E-state index contributed by atoms with van der Waals surface area (Å²) in [6, 6.07) is 9.19. The average Bonchev–Trinajstić information content (AvgIpc) is 2.65. The Morgan fingerprint density at radius 1 is 1.36 bits per heavy atom. The number of nitriles is 1. The van der Waals surface area contributed by atoms with Crippen molar-refractivity contribution in [2.45, 2.75) is 18.9 Å². The minimum absolute atomic E-state index is 0.116. The van der Waals surface area contributed by atoms with E-state index in [9.17, 15) is 4.79 Å². The monoisotopic (exact) mass is 187 g/mol. The molecular weight excluding hydrogens is 178 g/mol. The van der Waals surface area contributed by atoms with Gasteiger partial charge in [0, 0.05) is 6.42 Å². The Labute approximate surface area is 81.9 Å². The van der Waals surface area contributed by atoms with Crippen molar-refractivity contribution in [1.29, 1.82) is 5.26 Å². The van der Waals surface area contributed by atoms with Gasteiger partial charge in [0.15, 0.2) is 0 Å². The van der Waals surface area contributed by atoms with Crippen LogP contribution in [0.4, 0.5) is 0 Å². The number of hydrogen-bond acceptors (Lipinski definition) is 3. The second-order valence-electron chi connectivity index (χ2n) is 3.25. The molecular formula is C11H9NO2. The quantitative estimate of drug-likeness (QED) is 0.631. The van der Waals surface area contributed by atoms with E-state index in [-0.39, 0.29) is 12.1 Å². The first-order chi connectivity index (χ1) is 6.79. The van der Waals surface area contributed by atoms with Gasteiger partial charge in [0.1, 0.15) is 6.10 Å². The van der Waals surface area contributed by atoms with Crippen LogP contribution in [0.1, 0.15) is 30.1 Å². The minimum Gasteiger partial charge on any atom is -0.457 e. The molecule has 0 bridgehead atoms. The van der Waals surface area contributed by atoms with Crippen molar-refractivity contribution in [1.82, 2.24) is 0 Å². The summed E-state index contributed by atoms with van der Waals surface area (Å²) in [5, 5.41) is 8.60. The predicted octanol–water partition coefficient (Wildman–Crippen LogP) is 1.94. The number of ether oxygens (including phenoxy) is 1. The van der Waals surface area contributed by atoms with Gasteiger partial charge in [-0.15, -0.1) is 0 Å². The standard InChI is InChI=1S/C11H9NO2/c12-7-8-1-3-9(4-2-8)10-5-6-11(13)14-10/h1-4,10H,5-6H2. The van der Waals surface area contributed by atoms with E-state index < -0.39 is 0 Å². The van der Waals surface area contributed by atoms with Crippen LogP contribution in [0.25, 0.3) is 0 Å². The van der Waals surface area contributed by atoms with Gasteiger partial charge in [-0.3, -0.25) is 4.79 Å². The zero-order valence-electron chi connectivity index (χ0n) is 7.56. The lowest BCUT2D eigenvalue weighted by atomic mass is 10.1. The Kier molecular flexibility index (Phi) is 2.19. The summed E-state index contributed by atoms with van der Waals surface area (Å²) >= 11 is 0. The molecule has 0 saturated carbocycles. The van der Waals surface area contributed by atoms with Crippen molar-refractivity contribution in [3.63, 3.8) is 0 Å². The number of carbonyl (C=O) groups excluding carboxylic acids is 1. The Bertz CT molecular complexity index is 389. The largest absolute Gasteiger partial charge is 0.457 e. The van der Waals surface area contributed by atoms with E-state index in [4.69, 9.17) is 10.00 Å². The number of rotatable bonds is 1. The zero-order chi connectivity index (χ0) is 9.97. The van der Waals surface area contributed by atoms with E-state index in [0.717, 1.165) is 12.0 Å². The van der Waals surface area contributed by atoms with Crippen molar-refractivity contribution >= 4 is 5.97 Å². The third kappa shape index (κ3) is 1.60. The van der Waals surface area contributed by atoms with Crippen LogP contribution in [0.15, 0.2) is 24.3 Å². The van der Waals surface area contributed by atoms with Crippen LogP contribution in [-0.2, 0) is 9.53 Å². The van der Waals surface area contributed by atoms with Crippen molar-refractivity contribution in [3.05, 3.63) is 35.4 Å². The number of hydrogen-bond donors (Lipinski definition) is 0. The smallest absolute Gasteiger partial charge is 0.306 e. The fourth-order valence-corrected chi connectivity index (χ4v) is 1.53. The van der Waals surface area contributed by atoms with Crippen LogP contribution < -0.4 is 0 Å². The number of benzene rings is 1. The normalized spacial score (nSPS) is 20.2. The van der Waals surface area contributed by atoms with Gasteiger partial charge >= 0.3 is 5.97 Å². The first-order valence-electron chi connectivity index (χ1n) is 4.49.